The van der Waals surface area contributed by atoms with Crippen molar-refractivity contribution in [3.8, 4) is 11.5 Å². The van der Waals surface area contributed by atoms with Crippen LogP contribution in [0, 0.1) is 0 Å². The van der Waals surface area contributed by atoms with Crippen molar-refractivity contribution in [1.82, 2.24) is 19.8 Å². The highest BCUT2D eigenvalue weighted by Crippen LogP contribution is 2.24. The van der Waals surface area contributed by atoms with Gasteiger partial charge >= 0.3 is 11.8 Å². The summed E-state index contributed by atoms with van der Waals surface area (Å²) in [5.74, 6) is -0.415. The number of aromatic nitrogens is 2. The van der Waals surface area contributed by atoms with E-state index in [2.05, 4.69) is 15.5 Å². The van der Waals surface area contributed by atoms with E-state index in [4.69, 9.17) is 4.42 Å². The Kier molecular flexibility index (Phi) is 6.43. The lowest BCUT2D eigenvalue weighted by Crippen LogP contribution is -2.35. The molecule has 0 spiro atoms. The van der Waals surface area contributed by atoms with E-state index in [0.717, 1.165) is 24.8 Å². The SMILES string of the molecule is O=C(NCCc1ccccc1)c1nnc(-c2ccc(S(=O)(=O)N3CCCCC3)cc2)o1. The first-order valence-electron chi connectivity index (χ1n) is 10.3. The average Bonchev–Trinajstić information content (AvgIpc) is 3.31. The first-order valence-corrected chi connectivity index (χ1v) is 11.7. The van der Waals surface area contributed by atoms with Crippen LogP contribution in [0.1, 0.15) is 35.5 Å². The van der Waals surface area contributed by atoms with Gasteiger partial charge in [-0.3, -0.25) is 4.79 Å². The van der Waals surface area contributed by atoms with Crippen LogP contribution in [0.3, 0.4) is 0 Å². The Balaban J connectivity index is 1.38. The minimum atomic E-state index is -3.50. The van der Waals surface area contributed by atoms with Crippen molar-refractivity contribution in [2.45, 2.75) is 30.6 Å². The zero-order valence-corrected chi connectivity index (χ0v) is 17.8. The van der Waals surface area contributed by atoms with E-state index in [0.29, 0.717) is 31.6 Å². The second kappa shape index (κ2) is 9.40. The maximum Gasteiger partial charge on any atom is 0.308 e. The molecule has 0 radical (unpaired) electrons. The molecule has 1 aliphatic rings. The van der Waals surface area contributed by atoms with E-state index in [1.807, 2.05) is 30.3 Å². The second-order valence-corrected chi connectivity index (χ2v) is 9.33. The van der Waals surface area contributed by atoms with Gasteiger partial charge in [0.1, 0.15) is 0 Å². The Hall–Kier alpha value is -3.04. The molecule has 8 nitrogen and oxygen atoms in total. The third kappa shape index (κ3) is 5.00. The number of carbonyl (C=O) groups excluding carboxylic acids is 1. The van der Waals surface area contributed by atoms with Crippen LogP contribution in [0.4, 0.5) is 0 Å². The highest BCUT2D eigenvalue weighted by atomic mass is 32.2. The normalized spacial score (nSPS) is 15.0. The molecule has 0 atom stereocenters. The van der Waals surface area contributed by atoms with Crippen molar-refractivity contribution in [3.63, 3.8) is 0 Å². The summed E-state index contributed by atoms with van der Waals surface area (Å²) < 4.78 is 32.5. The first kappa shape index (κ1) is 21.2. The van der Waals surface area contributed by atoms with E-state index < -0.39 is 15.9 Å². The van der Waals surface area contributed by atoms with Gasteiger partial charge in [-0.15, -0.1) is 10.2 Å². The predicted octanol–water partition coefficient (Wildman–Crippen LogP) is 2.88. The molecule has 0 aliphatic carbocycles. The van der Waals surface area contributed by atoms with Crippen molar-refractivity contribution in [1.29, 1.82) is 0 Å². The van der Waals surface area contributed by atoms with Crippen LogP contribution in [0.2, 0.25) is 0 Å². The molecule has 0 bridgehead atoms. The molecule has 1 N–H and O–H groups in total. The Morgan fingerprint density at radius 2 is 1.68 bits per heavy atom. The van der Waals surface area contributed by atoms with Crippen LogP contribution >= 0.6 is 0 Å². The predicted molar refractivity (Wildman–Crippen MR) is 115 cm³/mol. The molecule has 0 saturated carbocycles. The molecular weight excluding hydrogens is 416 g/mol. The molecule has 31 heavy (non-hydrogen) atoms. The Bertz CT molecular complexity index is 1120. The molecule has 1 aliphatic heterocycles. The summed E-state index contributed by atoms with van der Waals surface area (Å²) in [6.45, 7) is 1.55. The molecule has 4 rings (SSSR count). The van der Waals surface area contributed by atoms with E-state index in [-0.39, 0.29) is 16.7 Å². The molecule has 1 aromatic heterocycles. The quantitative estimate of drug-likeness (QED) is 0.606. The summed E-state index contributed by atoms with van der Waals surface area (Å²) in [6.07, 6.45) is 3.52. The Morgan fingerprint density at radius 1 is 0.968 bits per heavy atom. The number of sulfonamides is 1. The van der Waals surface area contributed by atoms with Gasteiger partial charge in [0, 0.05) is 25.2 Å². The van der Waals surface area contributed by atoms with Crippen LogP contribution in [0.25, 0.3) is 11.5 Å². The highest BCUT2D eigenvalue weighted by molar-refractivity contribution is 7.89. The Labute approximate surface area is 181 Å². The number of rotatable bonds is 7. The van der Waals surface area contributed by atoms with Crippen molar-refractivity contribution in [2.75, 3.05) is 19.6 Å². The zero-order chi connectivity index (χ0) is 21.7. The van der Waals surface area contributed by atoms with E-state index in [9.17, 15) is 13.2 Å². The number of nitrogens with one attached hydrogen (secondary N) is 1. The summed E-state index contributed by atoms with van der Waals surface area (Å²) in [6, 6.07) is 16.1. The van der Waals surface area contributed by atoms with Gasteiger partial charge in [0.05, 0.1) is 4.90 Å². The van der Waals surface area contributed by atoms with Gasteiger partial charge in [-0.05, 0) is 49.1 Å². The number of amides is 1. The molecule has 1 amide bonds. The number of hydrogen-bond acceptors (Lipinski definition) is 6. The van der Waals surface area contributed by atoms with Crippen LogP contribution in [0.15, 0.2) is 63.9 Å². The lowest BCUT2D eigenvalue weighted by molar-refractivity contribution is 0.0920. The summed E-state index contributed by atoms with van der Waals surface area (Å²) in [4.78, 5) is 12.5. The molecule has 1 fully saturated rings. The van der Waals surface area contributed by atoms with E-state index in [1.165, 1.54) is 16.4 Å². The topological polar surface area (TPSA) is 105 Å². The van der Waals surface area contributed by atoms with Crippen LogP contribution in [0.5, 0.6) is 0 Å². The summed E-state index contributed by atoms with van der Waals surface area (Å²) in [7, 11) is -3.50. The lowest BCUT2D eigenvalue weighted by atomic mass is 10.1. The Morgan fingerprint density at radius 3 is 2.39 bits per heavy atom. The molecular formula is C22H24N4O4S. The molecule has 3 aromatic rings. The summed E-state index contributed by atoms with van der Waals surface area (Å²) in [5, 5.41) is 10.5. The molecule has 2 aromatic carbocycles. The van der Waals surface area contributed by atoms with E-state index in [1.54, 1.807) is 12.1 Å². The van der Waals surface area contributed by atoms with Gasteiger partial charge < -0.3 is 9.73 Å². The van der Waals surface area contributed by atoms with Crippen molar-refractivity contribution < 1.29 is 17.6 Å². The van der Waals surface area contributed by atoms with Crippen molar-refractivity contribution in [2.24, 2.45) is 0 Å². The lowest BCUT2D eigenvalue weighted by Gasteiger charge is -2.25. The largest absolute Gasteiger partial charge is 0.412 e. The highest BCUT2D eigenvalue weighted by Gasteiger charge is 2.26. The molecule has 1 saturated heterocycles. The van der Waals surface area contributed by atoms with E-state index >= 15 is 0 Å². The third-order valence-corrected chi connectivity index (χ3v) is 7.13. The smallest absolute Gasteiger partial charge is 0.308 e. The van der Waals surface area contributed by atoms with Gasteiger partial charge in [0.25, 0.3) is 0 Å². The third-order valence-electron chi connectivity index (χ3n) is 5.22. The fraction of sp³-hybridized carbons (Fsp3) is 0.318. The van der Waals surface area contributed by atoms with Crippen LogP contribution in [-0.2, 0) is 16.4 Å². The number of carbonyl (C=O) groups is 1. The number of hydrogen-bond donors (Lipinski definition) is 1. The average molecular weight is 441 g/mol. The number of piperidine rings is 1. The standard InChI is InChI=1S/C22H24N4O4S/c27-20(23-14-13-17-7-3-1-4-8-17)22-25-24-21(30-22)18-9-11-19(12-10-18)31(28,29)26-15-5-2-6-16-26/h1,3-4,7-12H,2,5-6,13-16H2,(H,23,27). The number of benzene rings is 2. The second-order valence-electron chi connectivity index (χ2n) is 7.39. The van der Waals surface area contributed by atoms with Crippen LogP contribution in [-0.4, -0.2) is 48.5 Å². The fourth-order valence-corrected chi connectivity index (χ4v) is 5.01. The van der Waals surface area contributed by atoms with Gasteiger partial charge in [-0.25, -0.2) is 8.42 Å². The van der Waals surface area contributed by atoms with Gasteiger partial charge in [0.15, 0.2) is 0 Å². The van der Waals surface area contributed by atoms with Crippen molar-refractivity contribution in [3.05, 3.63) is 66.1 Å². The minimum Gasteiger partial charge on any atom is -0.412 e. The monoisotopic (exact) mass is 440 g/mol. The van der Waals surface area contributed by atoms with Crippen LogP contribution < -0.4 is 5.32 Å². The fourth-order valence-electron chi connectivity index (χ4n) is 3.50. The maximum atomic E-state index is 12.8. The summed E-state index contributed by atoms with van der Waals surface area (Å²) in [5.41, 5.74) is 1.67. The molecule has 0 unspecified atom stereocenters. The van der Waals surface area contributed by atoms with Gasteiger partial charge in [0.2, 0.25) is 15.9 Å². The molecule has 2 heterocycles. The minimum absolute atomic E-state index is 0.131. The molecule has 9 heteroatoms. The van der Waals surface area contributed by atoms with Crippen molar-refractivity contribution >= 4 is 15.9 Å². The van der Waals surface area contributed by atoms with Gasteiger partial charge in [-0.1, -0.05) is 36.8 Å². The van der Waals surface area contributed by atoms with Gasteiger partial charge in [-0.2, -0.15) is 4.31 Å². The maximum absolute atomic E-state index is 12.8. The summed E-state index contributed by atoms with van der Waals surface area (Å²) >= 11 is 0. The first-order chi connectivity index (χ1) is 15.0. The zero-order valence-electron chi connectivity index (χ0n) is 17.0. The molecule has 162 valence electrons. The number of nitrogens with zero attached hydrogens (tertiary/aromatic N) is 3.